The number of aromatic nitrogens is 1. The van der Waals surface area contributed by atoms with Crippen LogP contribution in [-0.2, 0) is 0 Å². The summed E-state index contributed by atoms with van der Waals surface area (Å²) in [4.78, 5) is 20.0. The number of halogens is 3. The molecule has 2 aromatic rings. The summed E-state index contributed by atoms with van der Waals surface area (Å²) >= 11 is 14.0. The molecule has 0 spiro atoms. The van der Waals surface area contributed by atoms with Gasteiger partial charge in [0.25, 0.3) is 5.91 Å². The van der Waals surface area contributed by atoms with Crippen LogP contribution < -0.4 is 5.32 Å². The molecule has 0 aliphatic carbocycles. The van der Waals surface area contributed by atoms with Gasteiger partial charge in [0.1, 0.15) is 0 Å². The number of benzene rings is 1. The molecule has 1 unspecified atom stereocenters. The van der Waals surface area contributed by atoms with Gasteiger partial charge in [-0.3, -0.25) is 9.78 Å². The van der Waals surface area contributed by atoms with Crippen molar-refractivity contribution in [2.45, 2.75) is 10.9 Å². The van der Waals surface area contributed by atoms with Crippen molar-refractivity contribution in [2.75, 3.05) is 25.9 Å². The zero-order valence-electron chi connectivity index (χ0n) is 13.5. The monoisotopic (exact) mass is 417 g/mol. The normalized spacial score (nSPS) is 17.1. The third kappa shape index (κ3) is 4.41. The van der Waals surface area contributed by atoms with Crippen LogP contribution in [0.25, 0.3) is 0 Å². The highest BCUT2D eigenvalue weighted by molar-refractivity contribution is 7.98. The van der Waals surface area contributed by atoms with E-state index in [9.17, 15) is 4.79 Å². The number of pyridine rings is 1. The van der Waals surface area contributed by atoms with Crippen LogP contribution in [0.3, 0.4) is 0 Å². The smallest absolute Gasteiger partial charge is 0.256 e. The Labute approximate surface area is 167 Å². The first-order valence-electron chi connectivity index (χ1n) is 7.56. The van der Waals surface area contributed by atoms with Gasteiger partial charge >= 0.3 is 0 Å². The molecule has 1 fully saturated rings. The number of carbonyl (C=O) groups is 1. The molecule has 0 radical (unpaired) electrons. The second-order valence-electron chi connectivity index (χ2n) is 5.47. The molecule has 1 aromatic heterocycles. The van der Waals surface area contributed by atoms with E-state index >= 15 is 0 Å². The van der Waals surface area contributed by atoms with Gasteiger partial charge in [-0.2, -0.15) is 0 Å². The molecule has 4 nitrogen and oxygen atoms in total. The minimum absolute atomic E-state index is 0. The number of hydrogen-bond acceptors (Lipinski definition) is 4. The topological polar surface area (TPSA) is 45.2 Å². The zero-order chi connectivity index (χ0) is 17.1. The van der Waals surface area contributed by atoms with E-state index in [0.29, 0.717) is 28.7 Å². The summed E-state index contributed by atoms with van der Waals surface area (Å²) in [6.07, 6.45) is 5.45. The average molecular weight is 419 g/mol. The standard InChI is InChI=1S/C17H17Cl2N3OS.ClH/c1-24-16-7-12(13(18)8-14(16)19)17(23)22-6-5-21-10-15(22)11-3-2-4-20-9-11;/h2-4,7-9,15,21H,5-6,10H2,1H3;1H. The molecule has 1 saturated heterocycles. The number of carbonyl (C=O) groups excluding carboxylic acids is 1. The quantitative estimate of drug-likeness (QED) is 0.754. The summed E-state index contributed by atoms with van der Waals surface area (Å²) in [5, 5.41) is 4.28. The predicted molar refractivity (Wildman–Crippen MR) is 106 cm³/mol. The number of piperazine rings is 1. The molecule has 134 valence electrons. The van der Waals surface area contributed by atoms with E-state index in [-0.39, 0.29) is 24.4 Å². The lowest BCUT2D eigenvalue weighted by Crippen LogP contribution is -2.48. The van der Waals surface area contributed by atoms with E-state index < -0.39 is 0 Å². The van der Waals surface area contributed by atoms with Gasteiger partial charge in [0.15, 0.2) is 0 Å². The first-order chi connectivity index (χ1) is 11.6. The molecule has 1 atom stereocenters. The number of rotatable bonds is 3. The molecule has 1 aromatic carbocycles. The van der Waals surface area contributed by atoms with E-state index in [2.05, 4.69) is 10.3 Å². The van der Waals surface area contributed by atoms with Crippen molar-refractivity contribution < 1.29 is 4.79 Å². The second-order valence-corrected chi connectivity index (χ2v) is 7.13. The summed E-state index contributed by atoms with van der Waals surface area (Å²) in [5.74, 6) is -0.0812. The lowest BCUT2D eigenvalue weighted by molar-refractivity contribution is 0.0634. The van der Waals surface area contributed by atoms with Crippen LogP contribution >= 0.6 is 47.4 Å². The van der Waals surface area contributed by atoms with Crippen molar-refractivity contribution in [1.29, 1.82) is 0 Å². The molecule has 2 heterocycles. The Bertz CT molecular complexity index is 745. The van der Waals surface area contributed by atoms with Gasteiger partial charge in [0.2, 0.25) is 0 Å². The lowest BCUT2D eigenvalue weighted by atomic mass is 10.0. The molecule has 1 amide bonds. The fraction of sp³-hybridized carbons (Fsp3) is 0.294. The summed E-state index contributed by atoms with van der Waals surface area (Å²) in [6, 6.07) is 7.23. The maximum atomic E-state index is 13.1. The van der Waals surface area contributed by atoms with Crippen molar-refractivity contribution in [1.82, 2.24) is 15.2 Å². The van der Waals surface area contributed by atoms with E-state index in [1.54, 1.807) is 24.5 Å². The van der Waals surface area contributed by atoms with Crippen LogP contribution in [0.4, 0.5) is 0 Å². The number of hydrogen-bond donors (Lipinski definition) is 1. The van der Waals surface area contributed by atoms with Crippen LogP contribution in [0.1, 0.15) is 22.0 Å². The zero-order valence-corrected chi connectivity index (χ0v) is 16.7. The van der Waals surface area contributed by atoms with Crippen molar-refractivity contribution in [2.24, 2.45) is 0 Å². The van der Waals surface area contributed by atoms with Crippen molar-refractivity contribution >= 4 is 53.3 Å². The maximum absolute atomic E-state index is 13.1. The fourth-order valence-corrected chi connectivity index (χ4v) is 4.01. The Morgan fingerprint density at radius 3 is 2.84 bits per heavy atom. The highest BCUT2D eigenvalue weighted by Crippen LogP contribution is 2.33. The van der Waals surface area contributed by atoms with Crippen molar-refractivity contribution in [3.05, 3.63) is 57.8 Å². The van der Waals surface area contributed by atoms with Crippen LogP contribution in [0, 0.1) is 0 Å². The largest absolute Gasteiger partial charge is 0.329 e. The van der Waals surface area contributed by atoms with Gasteiger partial charge in [-0.15, -0.1) is 24.2 Å². The molecule has 1 N–H and O–H groups in total. The molecular formula is C17H18Cl3N3OS. The Balaban J connectivity index is 0.00000225. The first kappa shape index (κ1) is 20.3. The summed E-state index contributed by atoms with van der Waals surface area (Å²) < 4.78 is 0. The minimum Gasteiger partial charge on any atom is -0.329 e. The fourth-order valence-electron chi connectivity index (χ4n) is 2.82. The van der Waals surface area contributed by atoms with Crippen molar-refractivity contribution in [3.63, 3.8) is 0 Å². The molecular weight excluding hydrogens is 401 g/mol. The molecule has 0 bridgehead atoms. The van der Waals surface area contributed by atoms with Crippen LogP contribution in [0.5, 0.6) is 0 Å². The van der Waals surface area contributed by atoms with Gasteiger partial charge in [-0.05, 0) is 30.0 Å². The van der Waals surface area contributed by atoms with Gasteiger partial charge in [0.05, 0.1) is 21.7 Å². The number of nitrogens with zero attached hydrogens (tertiary/aromatic N) is 2. The van der Waals surface area contributed by atoms with E-state index in [1.165, 1.54) is 11.8 Å². The number of thioether (sulfide) groups is 1. The number of amides is 1. The first-order valence-corrected chi connectivity index (χ1v) is 9.54. The second kappa shape index (κ2) is 9.10. The summed E-state index contributed by atoms with van der Waals surface area (Å²) in [7, 11) is 0. The van der Waals surface area contributed by atoms with Gasteiger partial charge in [-0.25, -0.2) is 0 Å². The molecule has 8 heteroatoms. The predicted octanol–water partition coefficient (Wildman–Crippen LogP) is 4.32. The maximum Gasteiger partial charge on any atom is 0.256 e. The van der Waals surface area contributed by atoms with Gasteiger partial charge < -0.3 is 10.2 Å². The van der Waals surface area contributed by atoms with Crippen LogP contribution in [0.2, 0.25) is 10.0 Å². The van der Waals surface area contributed by atoms with Crippen LogP contribution in [-0.4, -0.2) is 41.7 Å². The van der Waals surface area contributed by atoms with Crippen LogP contribution in [0.15, 0.2) is 41.6 Å². The summed E-state index contributed by atoms with van der Waals surface area (Å²) in [6.45, 7) is 2.06. The van der Waals surface area contributed by atoms with E-state index in [4.69, 9.17) is 23.2 Å². The van der Waals surface area contributed by atoms with E-state index in [0.717, 1.165) is 17.0 Å². The molecule has 3 rings (SSSR count). The van der Waals surface area contributed by atoms with E-state index in [1.807, 2.05) is 23.3 Å². The highest BCUT2D eigenvalue weighted by Gasteiger charge is 2.30. The third-order valence-corrected chi connectivity index (χ3v) is 5.56. The highest BCUT2D eigenvalue weighted by atomic mass is 35.5. The average Bonchev–Trinajstić information content (AvgIpc) is 2.62. The summed E-state index contributed by atoms with van der Waals surface area (Å²) in [5.41, 5.74) is 1.49. The Morgan fingerprint density at radius 1 is 1.36 bits per heavy atom. The number of nitrogens with one attached hydrogen (secondary N) is 1. The Morgan fingerprint density at radius 2 is 2.16 bits per heavy atom. The molecule has 1 aliphatic heterocycles. The van der Waals surface area contributed by atoms with Gasteiger partial charge in [0, 0.05) is 36.9 Å². The molecule has 1 aliphatic rings. The SMILES string of the molecule is CSc1cc(C(=O)N2CCNCC2c2cccnc2)c(Cl)cc1Cl.Cl. The van der Waals surface area contributed by atoms with Crippen molar-refractivity contribution in [3.8, 4) is 0 Å². The molecule has 25 heavy (non-hydrogen) atoms. The lowest BCUT2D eigenvalue weighted by Gasteiger charge is -2.36. The minimum atomic E-state index is -0.0812. The Hall–Kier alpha value is -0.980. The van der Waals surface area contributed by atoms with Gasteiger partial charge in [-0.1, -0.05) is 29.3 Å². The molecule has 0 saturated carbocycles. The Kier molecular flexibility index (Phi) is 7.40. The third-order valence-electron chi connectivity index (χ3n) is 4.05.